The van der Waals surface area contributed by atoms with E-state index < -0.39 is 0 Å². The van der Waals surface area contributed by atoms with Crippen molar-refractivity contribution in [3.8, 4) is 11.5 Å². The lowest BCUT2D eigenvalue weighted by Gasteiger charge is -2.15. The molecule has 0 aromatic heterocycles. The van der Waals surface area contributed by atoms with E-state index in [-0.39, 0.29) is 5.91 Å². The average molecular weight is 567 g/mol. The van der Waals surface area contributed by atoms with Gasteiger partial charge in [-0.05, 0) is 74.7 Å². The number of ether oxygens (including phenoxy) is 2. The second-order valence-corrected chi connectivity index (χ2v) is 8.44. The van der Waals surface area contributed by atoms with Gasteiger partial charge in [0.2, 0.25) is 0 Å². The largest absolute Gasteiger partial charge is 0.490 e. The lowest BCUT2D eigenvalue weighted by atomic mass is 10.2. The molecule has 0 saturated heterocycles. The third-order valence-electron chi connectivity index (χ3n) is 4.16. The molecule has 3 rings (SSSR count). The maximum Gasteiger partial charge on any atom is 0.272 e. The summed E-state index contributed by atoms with van der Waals surface area (Å²) in [6.07, 6.45) is 1.54. The molecule has 0 unspecified atom stereocenters. The molecule has 0 bridgehead atoms. The zero-order valence-corrected chi connectivity index (χ0v) is 20.5. The summed E-state index contributed by atoms with van der Waals surface area (Å²) in [5.74, 6) is 0.811. The normalized spacial score (nSPS) is 10.8. The molecule has 0 spiro atoms. The first-order chi connectivity index (χ1) is 15.0. The van der Waals surface area contributed by atoms with E-state index in [1.54, 1.807) is 30.5 Å². The minimum Gasteiger partial charge on any atom is -0.490 e. The van der Waals surface area contributed by atoms with Gasteiger partial charge in [-0.1, -0.05) is 41.9 Å². The molecule has 0 heterocycles. The van der Waals surface area contributed by atoms with Gasteiger partial charge < -0.3 is 9.47 Å². The number of nitrogens with one attached hydrogen (secondary N) is 1. The van der Waals surface area contributed by atoms with Crippen molar-refractivity contribution in [3.63, 3.8) is 0 Å². The van der Waals surface area contributed by atoms with E-state index in [0.717, 1.165) is 11.1 Å². The van der Waals surface area contributed by atoms with Crippen molar-refractivity contribution in [2.24, 2.45) is 5.10 Å². The van der Waals surface area contributed by atoms with Gasteiger partial charge in [-0.25, -0.2) is 5.43 Å². The van der Waals surface area contributed by atoms with Crippen LogP contribution in [0.4, 0.5) is 0 Å². The summed E-state index contributed by atoms with van der Waals surface area (Å²) in [5.41, 5.74) is 4.63. The Balaban J connectivity index is 1.74. The molecule has 3 aromatic rings. The van der Waals surface area contributed by atoms with Crippen LogP contribution in [0.25, 0.3) is 0 Å². The Morgan fingerprint density at radius 1 is 1.06 bits per heavy atom. The summed E-state index contributed by atoms with van der Waals surface area (Å²) in [6, 6.07) is 18.3. The molecule has 0 aliphatic heterocycles. The van der Waals surface area contributed by atoms with Crippen LogP contribution >= 0.6 is 43.5 Å². The molecular formula is C23H19Br2ClN2O3. The average Bonchev–Trinajstić information content (AvgIpc) is 2.75. The van der Waals surface area contributed by atoms with Gasteiger partial charge in [0, 0.05) is 15.1 Å². The molecular weight excluding hydrogens is 548 g/mol. The molecule has 0 aliphatic carbocycles. The first-order valence-corrected chi connectivity index (χ1v) is 11.4. The van der Waals surface area contributed by atoms with Gasteiger partial charge in [0.15, 0.2) is 11.5 Å². The van der Waals surface area contributed by atoms with Crippen LogP contribution < -0.4 is 14.9 Å². The lowest BCUT2D eigenvalue weighted by molar-refractivity contribution is 0.0954. The summed E-state index contributed by atoms with van der Waals surface area (Å²) in [7, 11) is 0. The topological polar surface area (TPSA) is 59.9 Å². The number of nitrogens with zero attached hydrogens (tertiary/aromatic N) is 1. The molecule has 0 aliphatic rings. The Bertz CT molecular complexity index is 1110. The van der Waals surface area contributed by atoms with Gasteiger partial charge in [-0.2, -0.15) is 5.10 Å². The Morgan fingerprint density at radius 3 is 2.55 bits per heavy atom. The Kier molecular flexibility index (Phi) is 8.51. The minimum atomic E-state index is -0.312. The highest BCUT2D eigenvalue weighted by atomic mass is 79.9. The highest BCUT2D eigenvalue weighted by Crippen LogP contribution is 2.37. The van der Waals surface area contributed by atoms with Crippen LogP contribution in [0.15, 0.2) is 74.7 Å². The highest BCUT2D eigenvalue weighted by molar-refractivity contribution is 9.10. The van der Waals surface area contributed by atoms with Gasteiger partial charge in [0.1, 0.15) is 6.61 Å². The van der Waals surface area contributed by atoms with Crippen molar-refractivity contribution in [1.29, 1.82) is 0 Å². The molecule has 8 heteroatoms. The Hall–Kier alpha value is -2.35. The summed E-state index contributed by atoms with van der Waals surface area (Å²) in [6.45, 7) is 2.66. The second-order valence-electron chi connectivity index (χ2n) is 6.32. The number of benzene rings is 3. The predicted molar refractivity (Wildman–Crippen MR) is 130 cm³/mol. The predicted octanol–water partition coefficient (Wildman–Crippen LogP) is 6.61. The van der Waals surface area contributed by atoms with Crippen molar-refractivity contribution < 1.29 is 14.3 Å². The number of halogens is 3. The monoisotopic (exact) mass is 564 g/mol. The van der Waals surface area contributed by atoms with Gasteiger partial charge in [0.25, 0.3) is 5.91 Å². The number of hydrogen-bond acceptors (Lipinski definition) is 4. The zero-order valence-electron chi connectivity index (χ0n) is 16.6. The smallest absolute Gasteiger partial charge is 0.272 e. The number of carbonyl (C=O) groups is 1. The SMILES string of the molecule is CCOc1cc(/C=N\NC(=O)c2ccccc2Br)cc(Br)c1OCc1ccccc1Cl. The van der Waals surface area contributed by atoms with Gasteiger partial charge >= 0.3 is 0 Å². The van der Waals surface area contributed by atoms with Gasteiger partial charge in [0.05, 0.1) is 22.9 Å². The molecule has 3 aromatic carbocycles. The van der Waals surface area contributed by atoms with E-state index >= 15 is 0 Å². The van der Waals surface area contributed by atoms with E-state index in [2.05, 4.69) is 42.4 Å². The van der Waals surface area contributed by atoms with Crippen LogP contribution in [0.3, 0.4) is 0 Å². The summed E-state index contributed by atoms with van der Waals surface area (Å²) in [5, 5.41) is 4.70. The van der Waals surface area contributed by atoms with Crippen molar-refractivity contribution in [2.75, 3.05) is 6.61 Å². The molecule has 0 saturated carbocycles. The quantitative estimate of drug-likeness (QED) is 0.247. The molecule has 0 radical (unpaired) electrons. The number of carbonyl (C=O) groups excluding carboxylic acids is 1. The fourth-order valence-corrected chi connectivity index (χ4v) is 3.93. The van der Waals surface area contributed by atoms with Crippen molar-refractivity contribution in [2.45, 2.75) is 13.5 Å². The van der Waals surface area contributed by atoms with E-state index in [4.69, 9.17) is 21.1 Å². The fraction of sp³-hybridized carbons (Fsp3) is 0.130. The number of hydrazone groups is 1. The first-order valence-electron chi connectivity index (χ1n) is 9.40. The first kappa shape index (κ1) is 23.3. The number of rotatable bonds is 8. The molecule has 1 N–H and O–H groups in total. The minimum absolute atomic E-state index is 0.299. The van der Waals surface area contributed by atoms with E-state index in [1.807, 2.05) is 43.3 Å². The van der Waals surface area contributed by atoms with Crippen LogP contribution in [0.5, 0.6) is 11.5 Å². The standard InChI is InChI=1S/C23H19Br2ClN2O3/c1-2-30-21-12-15(13-27-28-23(29)17-8-4-5-9-18(17)24)11-19(25)22(21)31-14-16-7-3-6-10-20(16)26/h3-13H,2,14H2,1H3,(H,28,29)/b27-13-. The van der Waals surface area contributed by atoms with E-state index in [0.29, 0.717) is 44.2 Å². The molecule has 31 heavy (non-hydrogen) atoms. The highest BCUT2D eigenvalue weighted by Gasteiger charge is 2.13. The number of amides is 1. The third kappa shape index (κ3) is 6.32. The van der Waals surface area contributed by atoms with Crippen molar-refractivity contribution in [1.82, 2.24) is 5.43 Å². The third-order valence-corrected chi connectivity index (χ3v) is 5.81. The van der Waals surface area contributed by atoms with Gasteiger partial charge in [-0.15, -0.1) is 0 Å². The van der Waals surface area contributed by atoms with Gasteiger partial charge in [-0.3, -0.25) is 4.79 Å². The van der Waals surface area contributed by atoms with Crippen LogP contribution in [0.2, 0.25) is 5.02 Å². The van der Waals surface area contributed by atoms with E-state index in [1.165, 1.54) is 0 Å². The van der Waals surface area contributed by atoms with Crippen LogP contribution in [0, 0.1) is 0 Å². The van der Waals surface area contributed by atoms with Crippen molar-refractivity contribution >= 4 is 55.6 Å². The molecule has 1 amide bonds. The van der Waals surface area contributed by atoms with Crippen LogP contribution in [-0.2, 0) is 6.61 Å². The summed E-state index contributed by atoms with van der Waals surface area (Å²) < 4.78 is 13.1. The van der Waals surface area contributed by atoms with E-state index in [9.17, 15) is 4.79 Å². The molecule has 5 nitrogen and oxygen atoms in total. The van der Waals surface area contributed by atoms with Crippen molar-refractivity contribution in [3.05, 3.63) is 91.3 Å². The Morgan fingerprint density at radius 2 is 1.81 bits per heavy atom. The van der Waals surface area contributed by atoms with Crippen LogP contribution in [-0.4, -0.2) is 18.7 Å². The lowest BCUT2D eigenvalue weighted by Crippen LogP contribution is -2.18. The maximum absolute atomic E-state index is 12.3. The zero-order chi connectivity index (χ0) is 22.2. The number of hydrogen-bond donors (Lipinski definition) is 1. The second kappa shape index (κ2) is 11.3. The summed E-state index contributed by atoms with van der Waals surface area (Å²) in [4.78, 5) is 12.3. The summed E-state index contributed by atoms with van der Waals surface area (Å²) >= 11 is 13.1. The Labute approximate surface area is 202 Å². The van der Waals surface area contributed by atoms with Crippen LogP contribution in [0.1, 0.15) is 28.4 Å². The molecule has 160 valence electrons. The molecule has 0 atom stereocenters. The maximum atomic E-state index is 12.3. The fourth-order valence-electron chi connectivity index (χ4n) is 2.70. The molecule has 0 fully saturated rings.